The van der Waals surface area contributed by atoms with Crippen LogP contribution in [0.1, 0.15) is 18.9 Å². The number of benzene rings is 1. The van der Waals surface area contributed by atoms with Crippen molar-refractivity contribution >= 4 is 0 Å². The fourth-order valence-electron chi connectivity index (χ4n) is 1.23. The second kappa shape index (κ2) is 6.33. The highest BCUT2D eigenvalue weighted by molar-refractivity contribution is 5.15. The van der Waals surface area contributed by atoms with E-state index in [9.17, 15) is 4.39 Å². The van der Waals surface area contributed by atoms with Crippen molar-refractivity contribution in [1.29, 1.82) is 0 Å². The maximum Gasteiger partial charge on any atom is 0.123 e. The molecule has 14 heavy (non-hydrogen) atoms. The van der Waals surface area contributed by atoms with E-state index in [-0.39, 0.29) is 5.82 Å². The molecule has 0 heterocycles. The molecule has 0 radical (unpaired) electrons. The molecular weight excluding hydrogens is 177 g/mol. The molecule has 1 aromatic rings. The molecule has 0 aliphatic heterocycles. The van der Waals surface area contributed by atoms with Gasteiger partial charge in [0.2, 0.25) is 0 Å². The predicted molar refractivity (Wildman–Crippen MR) is 57.5 cm³/mol. The van der Waals surface area contributed by atoms with Crippen LogP contribution in [0, 0.1) is 5.82 Å². The monoisotopic (exact) mass is 193 g/mol. The lowest BCUT2D eigenvalue weighted by Crippen LogP contribution is -2.13. The summed E-state index contributed by atoms with van der Waals surface area (Å²) in [5, 5.41) is 3.25. The average Bonchev–Trinajstić information content (AvgIpc) is 2.18. The minimum absolute atomic E-state index is 0.169. The molecular formula is C12H16FN. The third-order valence-electron chi connectivity index (χ3n) is 1.94. The van der Waals surface area contributed by atoms with Gasteiger partial charge < -0.3 is 5.32 Å². The van der Waals surface area contributed by atoms with Crippen molar-refractivity contribution in [2.75, 3.05) is 6.54 Å². The molecule has 0 aliphatic rings. The molecule has 0 spiro atoms. The van der Waals surface area contributed by atoms with Gasteiger partial charge in [0.15, 0.2) is 0 Å². The van der Waals surface area contributed by atoms with Crippen LogP contribution in [0.2, 0.25) is 0 Å². The van der Waals surface area contributed by atoms with E-state index in [1.54, 1.807) is 12.1 Å². The maximum absolute atomic E-state index is 12.8. The topological polar surface area (TPSA) is 12.0 Å². The molecule has 0 saturated carbocycles. The van der Waals surface area contributed by atoms with E-state index in [1.165, 1.54) is 6.07 Å². The Kier molecular flexibility index (Phi) is 4.94. The zero-order chi connectivity index (χ0) is 10.2. The van der Waals surface area contributed by atoms with Crippen molar-refractivity contribution in [3.05, 3.63) is 47.8 Å². The summed E-state index contributed by atoms with van der Waals surface area (Å²) in [6.07, 6.45) is 5.16. The first-order chi connectivity index (χ1) is 6.83. The second-order valence-electron chi connectivity index (χ2n) is 3.16. The third kappa shape index (κ3) is 4.19. The average molecular weight is 193 g/mol. The van der Waals surface area contributed by atoms with Crippen LogP contribution in [-0.4, -0.2) is 6.54 Å². The highest BCUT2D eigenvalue weighted by Crippen LogP contribution is 2.02. The standard InChI is InChI=1S/C12H16FN/c1-2-3-4-8-14-10-11-6-5-7-12(13)9-11/h2-3,5-7,9,14H,4,8,10H2,1H3/b3-2+. The first-order valence-corrected chi connectivity index (χ1v) is 4.89. The van der Waals surface area contributed by atoms with Crippen molar-refractivity contribution < 1.29 is 4.39 Å². The largest absolute Gasteiger partial charge is 0.312 e. The number of hydrogen-bond acceptors (Lipinski definition) is 1. The fourth-order valence-corrected chi connectivity index (χ4v) is 1.23. The Morgan fingerprint density at radius 1 is 1.43 bits per heavy atom. The van der Waals surface area contributed by atoms with Gasteiger partial charge in [0.25, 0.3) is 0 Å². The van der Waals surface area contributed by atoms with Gasteiger partial charge in [-0.3, -0.25) is 0 Å². The van der Waals surface area contributed by atoms with Gasteiger partial charge in [-0.05, 0) is 37.6 Å². The van der Waals surface area contributed by atoms with Crippen LogP contribution in [0.3, 0.4) is 0 Å². The molecule has 1 rings (SSSR count). The van der Waals surface area contributed by atoms with Gasteiger partial charge in [0.1, 0.15) is 5.82 Å². The highest BCUT2D eigenvalue weighted by atomic mass is 19.1. The summed E-state index contributed by atoms with van der Waals surface area (Å²) in [6, 6.07) is 6.68. The van der Waals surface area contributed by atoms with Crippen molar-refractivity contribution in [2.24, 2.45) is 0 Å². The molecule has 1 nitrogen and oxygen atoms in total. The van der Waals surface area contributed by atoms with Crippen LogP contribution >= 0.6 is 0 Å². The van der Waals surface area contributed by atoms with Crippen LogP contribution in [-0.2, 0) is 6.54 Å². The summed E-state index contributed by atoms with van der Waals surface area (Å²) in [6.45, 7) is 3.67. The smallest absolute Gasteiger partial charge is 0.123 e. The third-order valence-corrected chi connectivity index (χ3v) is 1.94. The minimum atomic E-state index is -0.169. The molecule has 0 aromatic heterocycles. The van der Waals surface area contributed by atoms with Crippen molar-refractivity contribution in [2.45, 2.75) is 19.9 Å². The molecule has 76 valence electrons. The number of nitrogens with one attached hydrogen (secondary N) is 1. The number of halogens is 1. The molecule has 0 fully saturated rings. The molecule has 0 saturated heterocycles. The Balaban J connectivity index is 2.24. The van der Waals surface area contributed by atoms with Crippen molar-refractivity contribution in [3.8, 4) is 0 Å². The quantitative estimate of drug-likeness (QED) is 0.560. The van der Waals surface area contributed by atoms with Crippen LogP contribution in [0.15, 0.2) is 36.4 Å². The maximum atomic E-state index is 12.8. The first-order valence-electron chi connectivity index (χ1n) is 4.89. The van der Waals surface area contributed by atoms with E-state index in [0.717, 1.165) is 25.1 Å². The second-order valence-corrected chi connectivity index (χ2v) is 3.16. The van der Waals surface area contributed by atoms with Crippen LogP contribution in [0.5, 0.6) is 0 Å². The van der Waals surface area contributed by atoms with Crippen LogP contribution < -0.4 is 5.32 Å². The van der Waals surface area contributed by atoms with Gasteiger partial charge in [-0.2, -0.15) is 0 Å². The molecule has 0 bridgehead atoms. The number of hydrogen-bond donors (Lipinski definition) is 1. The summed E-state index contributed by atoms with van der Waals surface area (Å²) in [5.74, 6) is -0.169. The van der Waals surface area contributed by atoms with E-state index < -0.39 is 0 Å². The van der Waals surface area contributed by atoms with E-state index in [1.807, 2.05) is 19.1 Å². The Morgan fingerprint density at radius 2 is 2.29 bits per heavy atom. The number of rotatable bonds is 5. The van der Waals surface area contributed by atoms with Gasteiger partial charge >= 0.3 is 0 Å². The Bertz CT molecular complexity index is 294. The summed E-state index contributed by atoms with van der Waals surface area (Å²) < 4.78 is 12.8. The molecule has 1 N–H and O–H groups in total. The lowest BCUT2D eigenvalue weighted by atomic mass is 10.2. The molecule has 1 aromatic carbocycles. The predicted octanol–water partition coefficient (Wildman–Crippen LogP) is 2.88. The van der Waals surface area contributed by atoms with Gasteiger partial charge in [-0.15, -0.1) is 0 Å². The highest BCUT2D eigenvalue weighted by Gasteiger charge is 1.93. The van der Waals surface area contributed by atoms with Crippen LogP contribution in [0.4, 0.5) is 4.39 Å². The molecule has 0 unspecified atom stereocenters. The molecule has 0 atom stereocenters. The number of allylic oxidation sites excluding steroid dienone is 1. The first kappa shape index (κ1) is 10.9. The van der Waals surface area contributed by atoms with E-state index in [4.69, 9.17) is 0 Å². The fraction of sp³-hybridized carbons (Fsp3) is 0.333. The molecule has 2 heteroatoms. The van der Waals surface area contributed by atoms with E-state index in [2.05, 4.69) is 11.4 Å². The van der Waals surface area contributed by atoms with Gasteiger partial charge in [0, 0.05) is 6.54 Å². The van der Waals surface area contributed by atoms with E-state index in [0.29, 0.717) is 0 Å². The Labute approximate surface area is 84.6 Å². The zero-order valence-electron chi connectivity index (χ0n) is 8.46. The molecule has 0 aliphatic carbocycles. The zero-order valence-corrected chi connectivity index (χ0v) is 8.46. The molecule has 0 amide bonds. The van der Waals surface area contributed by atoms with Gasteiger partial charge in [-0.25, -0.2) is 4.39 Å². The lowest BCUT2D eigenvalue weighted by Gasteiger charge is -2.02. The van der Waals surface area contributed by atoms with Crippen LogP contribution in [0.25, 0.3) is 0 Å². The summed E-state index contributed by atoms with van der Waals surface area (Å²) in [7, 11) is 0. The Hall–Kier alpha value is -1.15. The lowest BCUT2D eigenvalue weighted by molar-refractivity contribution is 0.620. The van der Waals surface area contributed by atoms with Gasteiger partial charge in [-0.1, -0.05) is 24.3 Å². The van der Waals surface area contributed by atoms with E-state index >= 15 is 0 Å². The normalized spacial score (nSPS) is 11.0. The summed E-state index contributed by atoms with van der Waals surface area (Å²) >= 11 is 0. The van der Waals surface area contributed by atoms with Gasteiger partial charge in [0.05, 0.1) is 0 Å². The minimum Gasteiger partial charge on any atom is -0.312 e. The summed E-state index contributed by atoms with van der Waals surface area (Å²) in [4.78, 5) is 0. The van der Waals surface area contributed by atoms with Crippen molar-refractivity contribution in [3.63, 3.8) is 0 Å². The SMILES string of the molecule is C/C=C/CCNCc1cccc(F)c1. The van der Waals surface area contributed by atoms with Crippen molar-refractivity contribution in [1.82, 2.24) is 5.32 Å². The summed E-state index contributed by atoms with van der Waals surface area (Å²) in [5.41, 5.74) is 0.991. The Morgan fingerprint density at radius 3 is 3.00 bits per heavy atom.